The third-order valence-corrected chi connectivity index (χ3v) is 3.44. The standard InChI is InChI=1S/C19H17N5/c1-13-6-5-8-16(10-13)22-19-21-14(2)11-18(24-19)23-17-9-4-3-7-15(17)12-20/h3-11H,1-2H3,(H2,21,22,23,24). The molecule has 0 fully saturated rings. The molecule has 2 N–H and O–H groups in total. The van der Waals surface area contributed by atoms with Gasteiger partial charge < -0.3 is 10.6 Å². The van der Waals surface area contributed by atoms with Crippen LogP contribution in [0.4, 0.5) is 23.1 Å². The molecule has 0 bridgehead atoms. The maximum Gasteiger partial charge on any atom is 0.229 e. The minimum absolute atomic E-state index is 0.512. The van der Waals surface area contributed by atoms with Crippen LogP contribution in [0.25, 0.3) is 0 Å². The average Bonchev–Trinajstić information content (AvgIpc) is 2.55. The van der Waals surface area contributed by atoms with Crippen molar-refractivity contribution in [1.82, 2.24) is 9.97 Å². The van der Waals surface area contributed by atoms with Gasteiger partial charge in [0.1, 0.15) is 11.9 Å². The van der Waals surface area contributed by atoms with Gasteiger partial charge in [-0.2, -0.15) is 10.2 Å². The van der Waals surface area contributed by atoms with Gasteiger partial charge in [-0.1, -0.05) is 24.3 Å². The van der Waals surface area contributed by atoms with E-state index in [0.29, 0.717) is 17.3 Å². The van der Waals surface area contributed by atoms with Crippen molar-refractivity contribution < 1.29 is 0 Å². The van der Waals surface area contributed by atoms with Crippen LogP contribution in [0.3, 0.4) is 0 Å². The largest absolute Gasteiger partial charge is 0.339 e. The Labute approximate surface area is 141 Å². The smallest absolute Gasteiger partial charge is 0.229 e. The number of aromatic nitrogens is 2. The third-order valence-electron chi connectivity index (χ3n) is 3.44. The lowest BCUT2D eigenvalue weighted by Gasteiger charge is -2.11. The van der Waals surface area contributed by atoms with Gasteiger partial charge in [0, 0.05) is 17.4 Å². The van der Waals surface area contributed by atoms with Crippen LogP contribution in [0.2, 0.25) is 0 Å². The predicted octanol–water partition coefficient (Wildman–Crippen LogP) is 4.45. The Kier molecular flexibility index (Phi) is 4.39. The molecule has 5 nitrogen and oxygen atoms in total. The van der Waals surface area contributed by atoms with Crippen molar-refractivity contribution in [1.29, 1.82) is 5.26 Å². The molecule has 0 aliphatic carbocycles. The van der Waals surface area contributed by atoms with Gasteiger partial charge >= 0.3 is 0 Å². The Morgan fingerprint density at radius 1 is 0.917 bits per heavy atom. The molecule has 0 spiro atoms. The second kappa shape index (κ2) is 6.80. The number of aryl methyl sites for hydroxylation is 2. The van der Waals surface area contributed by atoms with Gasteiger partial charge in [-0.3, -0.25) is 0 Å². The van der Waals surface area contributed by atoms with Crippen LogP contribution in [0, 0.1) is 25.2 Å². The van der Waals surface area contributed by atoms with Crippen LogP contribution < -0.4 is 10.6 Å². The monoisotopic (exact) mass is 315 g/mol. The first-order chi connectivity index (χ1) is 11.6. The van der Waals surface area contributed by atoms with E-state index in [2.05, 4.69) is 26.7 Å². The molecule has 3 rings (SSSR count). The molecule has 0 aliphatic rings. The topological polar surface area (TPSA) is 73.6 Å². The van der Waals surface area contributed by atoms with Gasteiger partial charge in [0.15, 0.2) is 0 Å². The van der Waals surface area contributed by atoms with E-state index in [4.69, 9.17) is 0 Å². The fourth-order valence-corrected chi connectivity index (χ4v) is 2.37. The lowest BCUT2D eigenvalue weighted by Crippen LogP contribution is -2.03. The van der Waals surface area contributed by atoms with Crippen molar-refractivity contribution in [3.63, 3.8) is 0 Å². The zero-order valence-corrected chi connectivity index (χ0v) is 13.5. The van der Waals surface area contributed by atoms with E-state index >= 15 is 0 Å². The molecule has 0 atom stereocenters. The summed E-state index contributed by atoms with van der Waals surface area (Å²) in [6, 6.07) is 19.4. The van der Waals surface area contributed by atoms with Crippen molar-refractivity contribution in [3.05, 3.63) is 71.4 Å². The van der Waals surface area contributed by atoms with Crippen molar-refractivity contribution >= 4 is 23.1 Å². The number of nitrogens with one attached hydrogen (secondary N) is 2. The normalized spacial score (nSPS) is 10.0. The number of nitrogens with zero attached hydrogens (tertiary/aromatic N) is 3. The second-order valence-corrected chi connectivity index (χ2v) is 5.50. The van der Waals surface area contributed by atoms with E-state index in [0.717, 1.165) is 22.6 Å². The van der Waals surface area contributed by atoms with E-state index in [9.17, 15) is 5.26 Å². The summed E-state index contributed by atoms with van der Waals surface area (Å²) in [6.45, 7) is 3.94. The summed E-state index contributed by atoms with van der Waals surface area (Å²) in [5, 5.41) is 15.6. The average molecular weight is 315 g/mol. The van der Waals surface area contributed by atoms with Gasteiger partial charge in [0.25, 0.3) is 0 Å². The van der Waals surface area contributed by atoms with Crippen molar-refractivity contribution in [2.45, 2.75) is 13.8 Å². The summed E-state index contributed by atoms with van der Waals surface area (Å²) >= 11 is 0. The van der Waals surface area contributed by atoms with E-state index in [1.165, 1.54) is 0 Å². The maximum absolute atomic E-state index is 9.19. The van der Waals surface area contributed by atoms with Crippen LogP contribution in [-0.2, 0) is 0 Å². The Morgan fingerprint density at radius 3 is 2.54 bits per heavy atom. The van der Waals surface area contributed by atoms with E-state index < -0.39 is 0 Å². The number of hydrogen-bond acceptors (Lipinski definition) is 5. The lowest BCUT2D eigenvalue weighted by molar-refractivity contribution is 1.11. The number of para-hydroxylation sites is 1. The first kappa shape index (κ1) is 15.5. The first-order valence-electron chi connectivity index (χ1n) is 7.59. The van der Waals surface area contributed by atoms with Crippen molar-refractivity contribution in [2.75, 3.05) is 10.6 Å². The highest BCUT2D eigenvalue weighted by Crippen LogP contribution is 2.21. The summed E-state index contributed by atoms with van der Waals surface area (Å²) < 4.78 is 0. The highest BCUT2D eigenvalue weighted by molar-refractivity contribution is 5.65. The minimum atomic E-state index is 0.512. The molecule has 0 saturated heterocycles. The highest BCUT2D eigenvalue weighted by atomic mass is 15.1. The van der Waals surface area contributed by atoms with Crippen LogP contribution in [0.15, 0.2) is 54.6 Å². The van der Waals surface area contributed by atoms with Crippen molar-refractivity contribution in [3.8, 4) is 6.07 Å². The van der Waals surface area contributed by atoms with Crippen LogP contribution in [0.1, 0.15) is 16.8 Å². The molecule has 5 heteroatoms. The molecule has 24 heavy (non-hydrogen) atoms. The summed E-state index contributed by atoms with van der Waals surface area (Å²) in [7, 11) is 0. The quantitative estimate of drug-likeness (QED) is 0.744. The molecule has 0 aliphatic heterocycles. The maximum atomic E-state index is 9.19. The molecule has 0 saturated carbocycles. The van der Waals surface area contributed by atoms with Gasteiger partial charge in [-0.15, -0.1) is 0 Å². The second-order valence-electron chi connectivity index (χ2n) is 5.50. The Hall–Kier alpha value is -3.39. The van der Waals surface area contributed by atoms with Gasteiger partial charge in [-0.25, -0.2) is 4.98 Å². The molecule has 0 radical (unpaired) electrons. The number of rotatable bonds is 4. The van der Waals surface area contributed by atoms with Crippen LogP contribution in [-0.4, -0.2) is 9.97 Å². The number of nitriles is 1. The SMILES string of the molecule is Cc1cccc(Nc2nc(C)cc(Nc3ccccc3C#N)n2)c1. The minimum Gasteiger partial charge on any atom is -0.339 e. The Balaban J connectivity index is 1.88. The zero-order valence-electron chi connectivity index (χ0n) is 13.5. The van der Waals surface area contributed by atoms with E-state index in [-0.39, 0.29) is 0 Å². The third kappa shape index (κ3) is 3.68. The first-order valence-corrected chi connectivity index (χ1v) is 7.59. The molecule has 118 valence electrons. The lowest BCUT2D eigenvalue weighted by atomic mass is 10.2. The summed E-state index contributed by atoms with van der Waals surface area (Å²) in [5.74, 6) is 1.15. The molecule has 0 amide bonds. The van der Waals surface area contributed by atoms with Gasteiger partial charge in [-0.05, 0) is 43.7 Å². The highest BCUT2D eigenvalue weighted by Gasteiger charge is 2.06. The fourth-order valence-electron chi connectivity index (χ4n) is 2.37. The predicted molar refractivity (Wildman–Crippen MR) is 95.7 cm³/mol. The van der Waals surface area contributed by atoms with Crippen LogP contribution >= 0.6 is 0 Å². The summed E-state index contributed by atoms with van der Waals surface area (Å²) in [6.07, 6.45) is 0. The molecular weight excluding hydrogens is 298 g/mol. The fraction of sp³-hybridized carbons (Fsp3) is 0.105. The Morgan fingerprint density at radius 2 is 1.75 bits per heavy atom. The van der Waals surface area contributed by atoms with Crippen molar-refractivity contribution in [2.24, 2.45) is 0 Å². The molecule has 1 aromatic heterocycles. The Bertz CT molecular complexity index is 912. The molecular formula is C19H17N5. The van der Waals surface area contributed by atoms with Crippen LogP contribution in [0.5, 0.6) is 0 Å². The van der Waals surface area contributed by atoms with Gasteiger partial charge in [0.05, 0.1) is 11.3 Å². The molecule has 1 heterocycles. The van der Waals surface area contributed by atoms with E-state index in [1.807, 2.05) is 62.4 Å². The van der Waals surface area contributed by atoms with E-state index in [1.54, 1.807) is 6.07 Å². The molecule has 2 aromatic carbocycles. The number of anilines is 4. The summed E-state index contributed by atoms with van der Waals surface area (Å²) in [5.41, 5.74) is 4.22. The molecule has 0 unspecified atom stereocenters. The number of hydrogen-bond donors (Lipinski definition) is 2. The number of benzene rings is 2. The zero-order chi connectivity index (χ0) is 16.9. The van der Waals surface area contributed by atoms with Gasteiger partial charge in [0.2, 0.25) is 5.95 Å². The summed E-state index contributed by atoms with van der Waals surface area (Å²) in [4.78, 5) is 8.90. The molecule has 3 aromatic rings.